The second-order valence-electron chi connectivity index (χ2n) is 6.13. The zero-order valence-electron chi connectivity index (χ0n) is 14.9. The molecule has 7 nitrogen and oxygen atoms in total. The standard InChI is InChI=1S/C20H20N2O5/c1-26-17-9-7-15(8-10-17)21-18(23)13-27-20(25)14-11-19(24)22(12-14)16-5-3-2-4-6-16/h2-10,14H,11-13H2,1H3,(H,21,23)/t14-/m0/s1. The van der Waals surface area contributed by atoms with Gasteiger partial charge in [0.2, 0.25) is 5.91 Å². The molecule has 0 spiro atoms. The van der Waals surface area contributed by atoms with E-state index in [0.717, 1.165) is 5.69 Å². The summed E-state index contributed by atoms with van der Waals surface area (Å²) in [5.41, 5.74) is 1.32. The van der Waals surface area contributed by atoms with Gasteiger partial charge in [0.05, 0.1) is 13.0 Å². The third-order valence-electron chi connectivity index (χ3n) is 4.25. The number of hydrogen-bond donors (Lipinski definition) is 1. The van der Waals surface area contributed by atoms with E-state index in [2.05, 4.69) is 5.32 Å². The molecule has 2 amide bonds. The van der Waals surface area contributed by atoms with Gasteiger partial charge in [-0.1, -0.05) is 18.2 Å². The minimum absolute atomic E-state index is 0.0772. The van der Waals surface area contributed by atoms with Crippen LogP contribution in [0.5, 0.6) is 5.75 Å². The number of ether oxygens (including phenoxy) is 2. The molecule has 3 rings (SSSR count). The zero-order chi connectivity index (χ0) is 19.2. The molecule has 0 aliphatic carbocycles. The van der Waals surface area contributed by atoms with Crippen LogP contribution in [0.1, 0.15) is 6.42 Å². The van der Waals surface area contributed by atoms with Crippen molar-refractivity contribution in [2.75, 3.05) is 30.5 Å². The van der Waals surface area contributed by atoms with Crippen molar-refractivity contribution in [1.82, 2.24) is 0 Å². The van der Waals surface area contributed by atoms with Crippen molar-refractivity contribution in [3.63, 3.8) is 0 Å². The first-order valence-corrected chi connectivity index (χ1v) is 8.53. The maximum atomic E-state index is 12.2. The van der Waals surface area contributed by atoms with E-state index in [1.54, 1.807) is 36.3 Å². The fraction of sp³-hybridized carbons (Fsp3) is 0.250. The van der Waals surface area contributed by atoms with Crippen LogP contribution in [0.15, 0.2) is 54.6 Å². The van der Waals surface area contributed by atoms with Gasteiger partial charge in [0.15, 0.2) is 6.61 Å². The van der Waals surface area contributed by atoms with E-state index >= 15 is 0 Å². The second-order valence-corrected chi connectivity index (χ2v) is 6.13. The van der Waals surface area contributed by atoms with Crippen molar-refractivity contribution in [3.8, 4) is 5.75 Å². The summed E-state index contributed by atoms with van der Waals surface area (Å²) in [5.74, 6) is -1.03. The number of amides is 2. The van der Waals surface area contributed by atoms with Gasteiger partial charge in [0.25, 0.3) is 5.91 Å². The highest BCUT2D eigenvalue weighted by Crippen LogP contribution is 2.25. The van der Waals surface area contributed by atoms with Crippen molar-refractivity contribution in [1.29, 1.82) is 0 Å². The highest BCUT2D eigenvalue weighted by molar-refractivity contribution is 6.00. The third-order valence-corrected chi connectivity index (χ3v) is 4.25. The average Bonchev–Trinajstić information content (AvgIpc) is 3.09. The lowest BCUT2D eigenvalue weighted by molar-refractivity contribution is -0.151. The Balaban J connectivity index is 1.49. The third kappa shape index (κ3) is 4.63. The summed E-state index contributed by atoms with van der Waals surface area (Å²) < 4.78 is 10.1. The van der Waals surface area contributed by atoms with Gasteiger partial charge in [-0.25, -0.2) is 0 Å². The summed E-state index contributed by atoms with van der Waals surface area (Å²) in [4.78, 5) is 37.9. The van der Waals surface area contributed by atoms with Gasteiger partial charge in [-0.3, -0.25) is 14.4 Å². The van der Waals surface area contributed by atoms with E-state index < -0.39 is 24.4 Å². The molecule has 0 saturated carbocycles. The second kappa shape index (κ2) is 8.35. The number of rotatable bonds is 6. The molecule has 0 aromatic heterocycles. The molecule has 1 saturated heterocycles. The summed E-state index contributed by atoms with van der Waals surface area (Å²) in [5, 5.41) is 2.63. The Kier molecular flexibility index (Phi) is 5.71. The Morgan fingerprint density at radius 3 is 2.48 bits per heavy atom. The maximum absolute atomic E-state index is 12.2. The van der Waals surface area contributed by atoms with Crippen LogP contribution < -0.4 is 15.0 Å². The van der Waals surface area contributed by atoms with Crippen molar-refractivity contribution in [3.05, 3.63) is 54.6 Å². The maximum Gasteiger partial charge on any atom is 0.311 e. The molecule has 1 heterocycles. The zero-order valence-corrected chi connectivity index (χ0v) is 14.9. The number of carbonyl (C=O) groups excluding carboxylic acids is 3. The van der Waals surface area contributed by atoms with Gasteiger partial charge < -0.3 is 19.7 Å². The van der Waals surface area contributed by atoms with Crippen molar-refractivity contribution in [2.45, 2.75) is 6.42 Å². The lowest BCUT2D eigenvalue weighted by Gasteiger charge is -2.16. The van der Waals surface area contributed by atoms with E-state index in [1.165, 1.54) is 0 Å². The molecule has 1 aliphatic rings. The SMILES string of the molecule is COc1ccc(NC(=O)COC(=O)[C@H]2CC(=O)N(c3ccccc3)C2)cc1. The Labute approximate surface area is 156 Å². The molecule has 7 heteroatoms. The van der Waals surface area contributed by atoms with Crippen LogP contribution in [0, 0.1) is 5.92 Å². The molecular formula is C20H20N2O5. The highest BCUT2D eigenvalue weighted by Gasteiger charge is 2.36. The number of methoxy groups -OCH3 is 1. The Hall–Kier alpha value is -3.35. The number of nitrogens with zero attached hydrogens (tertiary/aromatic N) is 1. The molecule has 0 unspecified atom stereocenters. The molecule has 2 aromatic carbocycles. The number of para-hydroxylation sites is 1. The molecule has 0 radical (unpaired) electrons. The Morgan fingerprint density at radius 1 is 1.11 bits per heavy atom. The molecule has 1 atom stereocenters. The molecule has 0 bridgehead atoms. The summed E-state index contributed by atoms with van der Waals surface area (Å²) in [6, 6.07) is 15.9. The fourth-order valence-corrected chi connectivity index (χ4v) is 2.85. The lowest BCUT2D eigenvalue weighted by Crippen LogP contribution is -2.28. The molecular weight excluding hydrogens is 348 g/mol. The van der Waals surface area contributed by atoms with Crippen LogP contribution in [-0.4, -0.2) is 38.0 Å². The summed E-state index contributed by atoms with van der Waals surface area (Å²) in [6.07, 6.45) is 0.0772. The quantitative estimate of drug-likeness (QED) is 0.791. The predicted molar refractivity (Wildman–Crippen MR) is 99.5 cm³/mol. The van der Waals surface area contributed by atoms with Crippen LogP contribution in [0.4, 0.5) is 11.4 Å². The lowest BCUT2D eigenvalue weighted by atomic mass is 10.1. The van der Waals surface area contributed by atoms with E-state index in [0.29, 0.717) is 11.4 Å². The van der Waals surface area contributed by atoms with Gasteiger partial charge in [-0.15, -0.1) is 0 Å². The number of nitrogens with one attached hydrogen (secondary N) is 1. The van der Waals surface area contributed by atoms with Crippen LogP contribution >= 0.6 is 0 Å². The highest BCUT2D eigenvalue weighted by atomic mass is 16.5. The fourth-order valence-electron chi connectivity index (χ4n) is 2.85. The van der Waals surface area contributed by atoms with Gasteiger partial charge in [0, 0.05) is 24.3 Å². The van der Waals surface area contributed by atoms with E-state index in [-0.39, 0.29) is 18.9 Å². The van der Waals surface area contributed by atoms with Gasteiger partial charge in [0.1, 0.15) is 5.75 Å². The van der Waals surface area contributed by atoms with E-state index in [9.17, 15) is 14.4 Å². The first kappa shape index (κ1) is 18.4. The molecule has 27 heavy (non-hydrogen) atoms. The topological polar surface area (TPSA) is 84.9 Å². The first-order chi connectivity index (χ1) is 13.1. The molecule has 1 fully saturated rings. The Bertz CT molecular complexity index is 820. The largest absolute Gasteiger partial charge is 0.497 e. The molecule has 1 aliphatic heterocycles. The van der Waals surface area contributed by atoms with Gasteiger partial charge in [-0.05, 0) is 36.4 Å². The smallest absolute Gasteiger partial charge is 0.311 e. The number of carbonyl (C=O) groups is 3. The summed E-state index contributed by atoms with van der Waals surface area (Å²) >= 11 is 0. The van der Waals surface area contributed by atoms with Crippen molar-refractivity contribution in [2.24, 2.45) is 5.92 Å². The number of esters is 1. The van der Waals surface area contributed by atoms with E-state index in [4.69, 9.17) is 9.47 Å². The van der Waals surface area contributed by atoms with Crippen LogP contribution in [0.2, 0.25) is 0 Å². The predicted octanol–water partition coefficient (Wildman–Crippen LogP) is 2.23. The van der Waals surface area contributed by atoms with Crippen molar-refractivity contribution >= 4 is 29.2 Å². The minimum Gasteiger partial charge on any atom is -0.497 e. The molecule has 2 aromatic rings. The first-order valence-electron chi connectivity index (χ1n) is 8.53. The van der Waals surface area contributed by atoms with Crippen LogP contribution in [0.25, 0.3) is 0 Å². The van der Waals surface area contributed by atoms with Crippen molar-refractivity contribution < 1.29 is 23.9 Å². The monoisotopic (exact) mass is 368 g/mol. The minimum atomic E-state index is -0.577. The van der Waals surface area contributed by atoms with Gasteiger partial charge in [-0.2, -0.15) is 0 Å². The molecule has 1 N–H and O–H groups in total. The molecule has 140 valence electrons. The summed E-state index contributed by atoms with van der Waals surface area (Å²) in [6.45, 7) is -0.150. The number of benzene rings is 2. The van der Waals surface area contributed by atoms with Crippen LogP contribution in [0.3, 0.4) is 0 Å². The van der Waals surface area contributed by atoms with Gasteiger partial charge >= 0.3 is 5.97 Å². The summed E-state index contributed by atoms with van der Waals surface area (Å²) in [7, 11) is 1.56. The van der Waals surface area contributed by atoms with E-state index in [1.807, 2.05) is 30.3 Å². The Morgan fingerprint density at radius 2 is 1.81 bits per heavy atom. The normalized spacial score (nSPS) is 16.1. The van der Waals surface area contributed by atoms with Crippen LogP contribution in [-0.2, 0) is 19.1 Å². The number of anilines is 2. The average molecular weight is 368 g/mol. The number of hydrogen-bond acceptors (Lipinski definition) is 5.